The molecule has 1 aliphatic rings. The predicted octanol–water partition coefficient (Wildman–Crippen LogP) is 2.37. The van der Waals surface area contributed by atoms with E-state index in [-0.39, 0.29) is 17.9 Å². The first-order valence-electron chi connectivity index (χ1n) is 6.34. The zero-order chi connectivity index (χ0) is 13.1. The van der Waals surface area contributed by atoms with Gasteiger partial charge in [0.15, 0.2) is 0 Å². The monoisotopic (exact) mass is 266 g/mol. The van der Waals surface area contributed by atoms with Crippen molar-refractivity contribution in [3.8, 4) is 0 Å². The van der Waals surface area contributed by atoms with E-state index in [4.69, 9.17) is 11.6 Å². The summed E-state index contributed by atoms with van der Waals surface area (Å²) < 4.78 is 0. The summed E-state index contributed by atoms with van der Waals surface area (Å²) in [4.78, 5) is 12.1. The first kappa shape index (κ1) is 13.4. The molecule has 2 N–H and O–H groups in total. The van der Waals surface area contributed by atoms with E-state index in [0.29, 0.717) is 10.9 Å². The van der Waals surface area contributed by atoms with Gasteiger partial charge in [0.2, 0.25) is 5.91 Å². The number of halogens is 1. The summed E-state index contributed by atoms with van der Waals surface area (Å²) in [5, 5.41) is 7.02. The highest BCUT2D eigenvalue weighted by Gasteiger charge is 2.30. The summed E-state index contributed by atoms with van der Waals surface area (Å²) in [5.74, 6) is 0.622. The maximum absolute atomic E-state index is 12.1. The number of amides is 1. The third-order valence-corrected chi connectivity index (χ3v) is 3.83. The minimum atomic E-state index is 0.0163. The van der Waals surface area contributed by atoms with Gasteiger partial charge in [0.25, 0.3) is 0 Å². The molecule has 0 radical (unpaired) electrons. The Morgan fingerprint density at radius 1 is 1.39 bits per heavy atom. The Balaban J connectivity index is 1.96. The number of hydrogen-bond acceptors (Lipinski definition) is 2. The Kier molecular flexibility index (Phi) is 4.25. The molecule has 4 heteroatoms. The molecule has 1 saturated heterocycles. The fourth-order valence-corrected chi connectivity index (χ4v) is 2.44. The Bertz CT molecular complexity index is 418. The van der Waals surface area contributed by atoms with E-state index in [9.17, 15) is 4.79 Å². The van der Waals surface area contributed by atoms with Crippen LogP contribution in [-0.2, 0) is 4.79 Å². The first-order chi connectivity index (χ1) is 8.58. The molecule has 1 heterocycles. The molecule has 1 aliphatic heterocycles. The van der Waals surface area contributed by atoms with Gasteiger partial charge in [-0.15, -0.1) is 0 Å². The molecular weight excluding hydrogens is 248 g/mol. The van der Waals surface area contributed by atoms with Crippen molar-refractivity contribution in [2.45, 2.75) is 19.9 Å². The molecule has 0 aromatic heterocycles. The highest BCUT2D eigenvalue weighted by Crippen LogP contribution is 2.19. The predicted molar refractivity (Wildman–Crippen MR) is 73.5 cm³/mol. The highest BCUT2D eigenvalue weighted by molar-refractivity contribution is 6.30. The molecule has 2 unspecified atom stereocenters. The maximum Gasteiger partial charge on any atom is 0.225 e. The van der Waals surface area contributed by atoms with Crippen molar-refractivity contribution >= 4 is 17.5 Å². The van der Waals surface area contributed by atoms with Gasteiger partial charge in [-0.25, -0.2) is 0 Å². The van der Waals surface area contributed by atoms with E-state index in [2.05, 4.69) is 17.6 Å². The van der Waals surface area contributed by atoms with E-state index in [1.807, 2.05) is 31.2 Å². The average molecular weight is 267 g/mol. The average Bonchev–Trinajstić information content (AvgIpc) is 2.76. The summed E-state index contributed by atoms with van der Waals surface area (Å²) in [6.45, 7) is 5.80. The van der Waals surface area contributed by atoms with Crippen molar-refractivity contribution in [2.24, 2.45) is 11.8 Å². The number of carbonyl (C=O) groups is 1. The van der Waals surface area contributed by atoms with Crippen molar-refractivity contribution in [3.05, 3.63) is 34.9 Å². The molecule has 0 bridgehead atoms. The van der Waals surface area contributed by atoms with Crippen molar-refractivity contribution in [1.82, 2.24) is 10.6 Å². The molecule has 1 fully saturated rings. The van der Waals surface area contributed by atoms with Gasteiger partial charge >= 0.3 is 0 Å². The number of benzene rings is 1. The van der Waals surface area contributed by atoms with E-state index >= 15 is 0 Å². The fraction of sp³-hybridized carbons (Fsp3) is 0.500. The third kappa shape index (κ3) is 3.03. The van der Waals surface area contributed by atoms with Crippen LogP contribution in [0.1, 0.15) is 25.5 Å². The summed E-state index contributed by atoms with van der Waals surface area (Å²) in [6.07, 6.45) is 0. The number of nitrogens with one attached hydrogen (secondary N) is 2. The van der Waals surface area contributed by atoms with Gasteiger partial charge < -0.3 is 10.6 Å². The summed E-state index contributed by atoms with van der Waals surface area (Å²) >= 11 is 5.85. The van der Waals surface area contributed by atoms with Crippen LogP contribution in [0, 0.1) is 11.8 Å². The second-order valence-electron chi connectivity index (χ2n) is 5.02. The molecule has 3 nitrogen and oxygen atoms in total. The maximum atomic E-state index is 12.1. The Hall–Kier alpha value is -1.06. The Morgan fingerprint density at radius 3 is 2.61 bits per heavy atom. The van der Waals surface area contributed by atoms with Crippen LogP contribution in [0.15, 0.2) is 24.3 Å². The Labute approximate surface area is 113 Å². The molecule has 1 aromatic carbocycles. The van der Waals surface area contributed by atoms with E-state index in [0.717, 1.165) is 18.7 Å². The Morgan fingerprint density at radius 2 is 2.06 bits per heavy atom. The lowest BCUT2D eigenvalue weighted by atomic mass is 9.96. The lowest BCUT2D eigenvalue weighted by molar-refractivity contribution is -0.126. The van der Waals surface area contributed by atoms with Gasteiger partial charge in [0.05, 0.1) is 12.0 Å². The molecule has 2 rings (SSSR count). The van der Waals surface area contributed by atoms with Gasteiger partial charge in [-0.05, 0) is 37.1 Å². The summed E-state index contributed by atoms with van der Waals surface area (Å²) in [6, 6.07) is 7.61. The van der Waals surface area contributed by atoms with Gasteiger partial charge in [0, 0.05) is 11.6 Å². The molecule has 3 atom stereocenters. The van der Waals surface area contributed by atoms with Crippen LogP contribution < -0.4 is 10.6 Å². The standard InChI is InChI=1S/C14H19ClN2O/c1-9-7-16-8-13(9)14(18)17-10(2)11-3-5-12(15)6-4-11/h3-6,9-10,13,16H,7-8H2,1-2H3,(H,17,18)/t9?,10-,13?/m1/s1. The van der Waals surface area contributed by atoms with Gasteiger partial charge in [-0.2, -0.15) is 0 Å². The number of hydrogen-bond donors (Lipinski definition) is 2. The zero-order valence-electron chi connectivity index (χ0n) is 10.7. The molecule has 0 saturated carbocycles. The van der Waals surface area contributed by atoms with Crippen molar-refractivity contribution < 1.29 is 4.79 Å². The minimum Gasteiger partial charge on any atom is -0.349 e. The lowest BCUT2D eigenvalue weighted by Gasteiger charge is -2.19. The summed E-state index contributed by atoms with van der Waals surface area (Å²) in [5.41, 5.74) is 1.08. The molecule has 0 spiro atoms. The molecule has 1 aromatic rings. The quantitative estimate of drug-likeness (QED) is 0.882. The smallest absolute Gasteiger partial charge is 0.225 e. The molecule has 18 heavy (non-hydrogen) atoms. The minimum absolute atomic E-state index is 0.0163. The van der Waals surface area contributed by atoms with Crippen LogP contribution in [0.25, 0.3) is 0 Å². The third-order valence-electron chi connectivity index (χ3n) is 3.58. The van der Waals surface area contributed by atoms with Crippen molar-refractivity contribution in [1.29, 1.82) is 0 Å². The molecule has 0 aliphatic carbocycles. The largest absolute Gasteiger partial charge is 0.349 e. The van der Waals surface area contributed by atoms with E-state index in [1.165, 1.54) is 0 Å². The van der Waals surface area contributed by atoms with Crippen LogP contribution in [0.4, 0.5) is 0 Å². The normalized spacial score (nSPS) is 24.8. The molecular formula is C14H19ClN2O. The van der Waals surface area contributed by atoms with Gasteiger partial charge in [0.1, 0.15) is 0 Å². The molecule has 98 valence electrons. The first-order valence-corrected chi connectivity index (χ1v) is 6.72. The number of carbonyl (C=O) groups excluding carboxylic acids is 1. The van der Waals surface area contributed by atoms with E-state index in [1.54, 1.807) is 0 Å². The number of rotatable bonds is 3. The van der Waals surface area contributed by atoms with E-state index < -0.39 is 0 Å². The topological polar surface area (TPSA) is 41.1 Å². The van der Waals surface area contributed by atoms with Crippen LogP contribution in [0.2, 0.25) is 5.02 Å². The van der Waals surface area contributed by atoms with Gasteiger partial charge in [-0.1, -0.05) is 30.7 Å². The fourth-order valence-electron chi connectivity index (χ4n) is 2.32. The van der Waals surface area contributed by atoms with Crippen LogP contribution in [0.5, 0.6) is 0 Å². The van der Waals surface area contributed by atoms with Crippen LogP contribution in [-0.4, -0.2) is 19.0 Å². The highest BCUT2D eigenvalue weighted by atomic mass is 35.5. The molecule has 1 amide bonds. The van der Waals surface area contributed by atoms with Crippen LogP contribution in [0.3, 0.4) is 0 Å². The lowest BCUT2D eigenvalue weighted by Crippen LogP contribution is -2.35. The van der Waals surface area contributed by atoms with Crippen LogP contribution >= 0.6 is 11.6 Å². The van der Waals surface area contributed by atoms with Gasteiger partial charge in [-0.3, -0.25) is 4.79 Å². The summed E-state index contributed by atoms with van der Waals surface area (Å²) in [7, 11) is 0. The van der Waals surface area contributed by atoms with Crippen molar-refractivity contribution in [3.63, 3.8) is 0 Å². The SMILES string of the molecule is CC1CNCC1C(=O)N[C@H](C)c1ccc(Cl)cc1. The van der Waals surface area contributed by atoms with Crippen molar-refractivity contribution in [2.75, 3.05) is 13.1 Å². The second kappa shape index (κ2) is 5.72. The zero-order valence-corrected chi connectivity index (χ0v) is 11.5. The second-order valence-corrected chi connectivity index (χ2v) is 5.46.